The summed E-state index contributed by atoms with van der Waals surface area (Å²) in [5.41, 5.74) is 3.24. The highest BCUT2D eigenvalue weighted by atomic mass is 32.1. The van der Waals surface area contributed by atoms with Crippen molar-refractivity contribution in [1.29, 1.82) is 0 Å². The summed E-state index contributed by atoms with van der Waals surface area (Å²) in [5.74, 6) is 1.73. The number of pyridine rings is 1. The second-order valence-corrected chi connectivity index (χ2v) is 8.28. The van der Waals surface area contributed by atoms with Gasteiger partial charge in [0.05, 0.1) is 5.39 Å². The van der Waals surface area contributed by atoms with Crippen molar-refractivity contribution in [3.8, 4) is 22.6 Å². The number of fused-ring (bicyclic) bond motifs is 1. The van der Waals surface area contributed by atoms with Gasteiger partial charge in [0.25, 0.3) is 0 Å². The van der Waals surface area contributed by atoms with Crippen molar-refractivity contribution < 1.29 is 0 Å². The van der Waals surface area contributed by atoms with E-state index in [1.54, 1.807) is 17.5 Å². The van der Waals surface area contributed by atoms with Gasteiger partial charge >= 0.3 is 0 Å². The Morgan fingerprint density at radius 2 is 1.76 bits per heavy atom. The van der Waals surface area contributed by atoms with E-state index in [1.165, 1.54) is 11.1 Å². The molecule has 5 rings (SSSR count). The average Bonchev–Trinajstić information content (AvgIpc) is 3.09. The monoisotopic (exact) mass is 401 g/mol. The number of hydrogen-bond acceptors (Lipinski definition) is 6. The van der Waals surface area contributed by atoms with Gasteiger partial charge in [0.1, 0.15) is 16.3 Å². The van der Waals surface area contributed by atoms with Crippen LogP contribution >= 0.6 is 11.3 Å². The molecular formula is C23H23N5S. The Bertz CT molecular complexity index is 1110. The first-order chi connectivity index (χ1) is 14.3. The number of aromatic nitrogens is 3. The minimum absolute atomic E-state index is 0.701. The number of rotatable bonds is 3. The van der Waals surface area contributed by atoms with Gasteiger partial charge in [-0.05, 0) is 37.7 Å². The number of benzene rings is 1. The third-order valence-corrected chi connectivity index (χ3v) is 6.28. The summed E-state index contributed by atoms with van der Waals surface area (Å²) in [6.45, 7) is 4.12. The van der Waals surface area contributed by atoms with Crippen molar-refractivity contribution >= 4 is 27.4 Å². The Balaban J connectivity index is 1.70. The van der Waals surface area contributed by atoms with Crippen LogP contribution in [0.3, 0.4) is 0 Å². The summed E-state index contributed by atoms with van der Waals surface area (Å²) < 4.78 is 0. The lowest BCUT2D eigenvalue weighted by Crippen LogP contribution is -2.29. The lowest BCUT2D eigenvalue weighted by molar-refractivity contribution is 0.360. The SMILES string of the molecule is CN1CCCN(c2nc(-c3ccccn3)nc3scc(-c4ccccc4)c23)CC1. The quantitative estimate of drug-likeness (QED) is 0.503. The van der Waals surface area contributed by atoms with Crippen LogP contribution in [0.1, 0.15) is 6.42 Å². The van der Waals surface area contributed by atoms with Crippen molar-refractivity contribution in [2.45, 2.75) is 6.42 Å². The third kappa shape index (κ3) is 3.61. The number of nitrogens with zero attached hydrogens (tertiary/aromatic N) is 5. The first-order valence-electron chi connectivity index (χ1n) is 9.99. The molecule has 1 aliphatic rings. The zero-order valence-electron chi connectivity index (χ0n) is 16.5. The Hall–Kier alpha value is -2.83. The number of thiophene rings is 1. The van der Waals surface area contributed by atoms with Crippen molar-refractivity contribution in [3.05, 3.63) is 60.1 Å². The van der Waals surface area contributed by atoms with Crippen LogP contribution in [0.4, 0.5) is 5.82 Å². The lowest BCUT2D eigenvalue weighted by Gasteiger charge is -2.23. The molecule has 0 amide bonds. The van der Waals surface area contributed by atoms with Crippen LogP contribution in [0.2, 0.25) is 0 Å². The summed E-state index contributed by atoms with van der Waals surface area (Å²) in [6.07, 6.45) is 2.93. The molecular weight excluding hydrogens is 378 g/mol. The summed E-state index contributed by atoms with van der Waals surface area (Å²) in [4.78, 5) is 20.3. The fraction of sp³-hybridized carbons (Fsp3) is 0.261. The number of hydrogen-bond donors (Lipinski definition) is 0. The summed E-state index contributed by atoms with van der Waals surface area (Å²) in [5, 5.41) is 3.37. The summed E-state index contributed by atoms with van der Waals surface area (Å²) in [6, 6.07) is 16.4. The minimum atomic E-state index is 0.701. The van der Waals surface area contributed by atoms with Gasteiger partial charge in [-0.25, -0.2) is 9.97 Å². The largest absolute Gasteiger partial charge is 0.355 e. The van der Waals surface area contributed by atoms with Gasteiger partial charge in [0, 0.05) is 36.8 Å². The first-order valence-corrected chi connectivity index (χ1v) is 10.9. The Labute approximate surface area is 174 Å². The van der Waals surface area contributed by atoms with Gasteiger partial charge < -0.3 is 9.80 Å². The van der Waals surface area contributed by atoms with E-state index >= 15 is 0 Å². The highest BCUT2D eigenvalue weighted by Gasteiger charge is 2.22. The van der Waals surface area contributed by atoms with E-state index in [2.05, 4.69) is 57.5 Å². The van der Waals surface area contributed by atoms with E-state index in [0.717, 1.165) is 54.3 Å². The molecule has 1 saturated heterocycles. The Morgan fingerprint density at radius 1 is 0.897 bits per heavy atom. The maximum absolute atomic E-state index is 5.06. The average molecular weight is 402 g/mol. The molecule has 3 aromatic heterocycles. The van der Waals surface area contributed by atoms with Gasteiger partial charge in [-0.15, -0.1) is 11.3 Å². The molecule has 29 heavy (non-hydrogen) atoms. The second-order valence-electron chi connectivity index (χ2n) is 7.43. The fourth-order valence-corrected chi connectivity index (χ4v) is 4.79. The van der Waals surface area contributed by atoms with Gasteiger partial charge in [-0.2, -0.15) is 0 Å². The third-order valence-electron chi connectivity index (χ3n) is 5.41. The number of anilines is 1. The van der Waals surface area contributed by atoms with E-state index in [9.17, 15) is 0 Å². The van der Waals surface area contributed by atoms with Crippen LogP contribution in [-0.2, 0) is 0 Å². The molecule has 1 aromatic carbocycles. The maximum Gasteiger partial charge on any atom is 0.181 e. The highest BCUT2D eigenvalue weighted by molar-refractivity contribution is 7.17. The predicted molar refractivity (Wildman–Crippen MR) is 120 cm³/mol. The second kappa shape index (κ2) is 7.89. The van der Waals surface area contributed by atoms with Crippen LogP contribution in [0, 0.1) is 0 Å². The van der Waals surface area contributed by atoms with Crippen LogP contribution in [-0.4, -0.2) is 53.1 Å². The number of likely N-dealkylation sites (N-methyl/N-ethyl adjacent to an activating group) is 1. The molecule has 1 fully saturated rings. The van der Waals surface area contributed by atoms with Gasteiger partial charge in [-0.1, -0.05) is 36.4 Å². The minimum Gasteiger partial charge on any atom is -0.355 e. The molecule has 4 aromatic rings. The van der Waals surface area contributed by atoms with Crippen molar-refractivity contribution in [1.82, 2.24) is 19.9 Å². The Kier molecular flexibility index (Phi) is 4.96. The molecule has 0 spiro atoms. The zero-order chi connectivity index (χ0) is 19.6. The van der Waals surface area contributed by atoms with Crippen molar-refractivity contribution in [2.75, 3.05) is 38.1 Å². The lowest BCUT2D eigenvalue weighted by atomic mass is 10.1. The first kappa shape index (κ1) is 18.2. The standard InChI is InChI=1S/C23H23N5S/c1-27-12-7-13-28(15-14-27)22-20-18(17-8-3-2-4-9-17)16-29-23(20)26-21(25-22)19-10-5-6-11-24-19/h2-6,8-11,16H,7,12-15H2,1H3. The van der Waals surface area contributed by atoms with E-state index in [0.29, 0.717) is 5.82 Å². The van der Waals surface area contributed by atoms with Gasteiger partial charge in [0.15, 0.2) is 5.82 Å². The molecule has 0 atom stereocenters. The Morgan fingerprint density at radius 3 is 2.59 bits per heavy atom. The molecule has 0 aliphatic carbocycles. The fourth-order valence-electron chi connectivity index (χ4n) is 3.85. The molecule has 0 unspecified atom stereocenters. The van der Waals surface area contributed by atoms with Gasteiger partial charge in [-0.3, -0.25) is 4.98 Å². The smallest absolute Gasteiger partial charge is 0.181 e. The van der Waals surface area contributed by atoms with Gasteiger partial charge in [0.2, 0.25) is 0 Å². The molecule has 4 heterocycles. The highest BCUT2D eigenvalue weighted by Crippen LogP contribution is 2.39. The molecule has 0 N–H and O–H groups in total. The molecule has 0 radical (unpaired) electrons. The molecule has 1 aliphatic heterocycles. The molecule has 146 valence electrons. The molecule has 0 saturated carbocycles. The van der Waals surface area contributed by atoms with Crippen molar-refractivity contribution in [3.63, 3.8) is 0 Å². The van der Waals surface area contributed by atoms with E-state index < -0.39 is 0 Å². The normalized spacial score (nSPS) is 15.6. The zero-order valence-corrected chi connectivity index (χ0v) is 17.3. The van der Waals surface area contributed by atoms with E-state index in [4.69, 9.17) is 9.97 Å². The van der Waals surface area contributed by atoms with E-state index in [1.807, 2.05) is 18.2 Å². The van der Waals surface area contributed by atoms with Crippen LogP contribution in [0.5, 0.6) is 0 Å². The topological polar surface area (TPSA) is 45.2 Å². The molecule has 0 bridgehead atoms. The van der Waals surface area contributed by atoms with Crippen LogP contribution in [0.25, 0.3) is 32.9 Å². The molecule has 5 nitrogen and oxygen atoms in total. The van der Waals surface area contributed by atoms with Crippen LogP contribution < -0.4 is 4.90 Å². The molecule has 6 heteroatoms. The van der Waals surface area contributed by atoms with E-state index in [-0.39, 0.29) is 0 Å². The van der Waals surface area contributed by atoms with Crippen LogP contribution in [0.15, 0.2) is 60.1 Å². The summed E-state index contributed by atoms with van der Waals surface area (Å²) >= 11 is 1.69. The maximum atomic E-state index is 5.06. The summed E-state index contributed by atoms with van der Waals surface area (Å²) in [7, 11) is 2.19. The van der Waals surface area contributed by atoms with Crippen molar-refractivity contribution in [2.24, 2.45) is 0 Å². The predicted octanol–water partition coefficient (Wildman–Crippen LogP) is 4.56.